The number of rotatable bonds is 6. The van der Waals surface area contributed by atoms with Gasteiger partial charge in [-0.3, -0.25) is 14.3 Å². The zero-order chi connectivity index (χ0) is 17.6. The standard InChI is InChI=1S/C18H23N5O2/c1-23-12-14(9-22-23)15-10-19-11-16(15)18(25)21-8-7-20-17(24)13-5-3-2-4-6-13/h2-6,9,12,15-16,19H,7-8,10-11H2,1H3,(H,20,24)(H,21,25)/t15-,16+/m1/s1. The minimum Gasteiger partial charge on any atom is -0.354 e. The molecule has 1 aromatic carbocycles. The normalized spacial score (nSPS) is 19.6. The van der Waals surface area contributed by atoms with Gasteiger partial charge in [-0.1, -0.05) is 18.2 Å². The molecule has 0 radical (unpaired) electrons. The van der Waals surface area contributed by atoms with E-state index in [1.807, 2.05) is 37.6 Å². The summed E-state index contributed by atoms with van der Waals surface area (Å²) >= 11 is 0. The van der Waals surface area contributed by atoms with E-state index in [0.29, 0.717) is 25.2 Å². The molecule has 2 atom stereocenters. The number of aryl methyl sites for hydroxylation is 1. The smallest absolute Gasteiger partial charge is 0.251 e. The zero-order valence-corrected chi connectivity index (χ0v) is 14.2. The van der Waals surface area contributed by atoms with Gasteiger partial charge in [-0.2, -0.15) is 5.10 Å². The molecular formula is C18H23N5O2. The van der Waals surface area contributed by atoms with Gasteiger partial charge in [0.05, 0.1) is 12.1 Å². The first-order valence-corrected chi connectivity index (χ1v) is 8.45. The van der Waals surface area contributed by atoms with Gasteiger partial charge in [0.1, 0.15) is 0 Å². The predicted octanol–water partition coefficient (Wildman–Crippen LogP) is 0.269. The Morgan fingerprint density at radius 1 is 1.20 bits per heavy atom. The van der Waals surface area contributed by atoms with Crippen molar-refractivity contribution in [2.75, 3.05) is 26.2 Å². The van der Waals surface area contributed by atoms with Crippen molar-refractivity contribution >= 4 is 11.8 Å². The molecule has 2 heterocycles. The molecule has 1 aliphatic heterocycles. The van der Waals surface area contributed by atoms with Crippen LogP contribution in [0.15, 0.2) is 42.7 Å². The Bertz CT molecular complexity index is 728. The SMILES string of the molecule is Cn1cc([C@H]2CNC[C@@H]2C(=O)NCCNC(=O)c2ccccc2)cn1. The van der Waals surface area contributed by atoms with Crippen molar-refractivity contribution in [1.82, 2.24) is 25.7 Å². The summed E-state index contributed by atoms with van der Waals surface area (Å²) in [5, 5.41) is 13.2. The summed E-state index contributed by atoms with van der Waals surface area (Å²) in [4.78, 5) is 24.4. The van der Waals surface area contributed by atoms with Crippen LogP contribution < -0.4 is 16.0 Å². The number of hydrogen-bond donors (Lipinski definition) is 3. The average Bonchev–Trinajstić information content (AvgIpc) is 3.27. The van der Waals surface area contributed by atoms with Gasteiger partial charge in [0.15, 0.2) is 0 Å². The molecule has 3 rings (SSSR count). The van der Waals surface area contributed by atoms with E-state index < -0.39 is 0 Å². The van der Waals surface area contributed by atoms with Gasteiger partial charge in [-0.05, 0) is 17.7 Å². The summed E-state index contributed by atoms with van der Waals surface area (Å²) in [5.74, 6) is -0.111. The molecule has 1 aromatic heterocycles. The molecule has 7 heteroatoms. The first-order valence-electron chi connectivity index (χ1n) is 8.45. The lowest BCUT2D eigenvalue weighted by Gasteiger charge is -2.17. The summed E-state index contributed by atoms with van der Waals surface area (Å²) in [5.41, 5.74) is 1.69. The van der Waals surface area contributed by atoms with Gasteiger partial charge in [0.2, 0.25) is 5.91 Å². The topological polar surface area (TPSA) is 88.0 Å². The van der Waals surface area contributed by atoms with Crippen molar-refractivity contribution in [2.24, 2.45) is 13.0 Å². The quantitative estimate of drug-likeness (QED) is 0.658. The lowest BCUT2D eigenvalue weighted by molar-refractivity contribution is -0.124. The molecule has 0 unspecified atom stereocenters. The van der Waals surface area contributed by atoms with Gasteiger partial charge >= 0.3 is 0 Å². The number of hydrogen-bond acceptors (Lipinski definition) is 4. The second kappa shape index (κ2) is 7.94. The predicted molar refractivity (Wildman–Crippen MR) is 94.1 cm³/mol. The second-order valence-corrected chi connectivity index (χ2v) is 6.23. The molecule has 7 nitrogen and oxygen atoms in total. The maximum Gasteiger partial charge on any atom is 0.251 e. The first-order chi connectivity index (χ1) is 12.1. The van der Waals surface area contributed by atoms with Gasteiger partial charge in [0.25, 0.3) is 5.91 Å². The third-order valence-corrected chi connectivity index (χ3v) is 4.45. The summed E-state index contributed by atoms with van der Waals surface area (Å²) in [6.07, 6.45) is 3.77. The molecule has 132 valence electrons. The Labute approximate surface area is 146 Å². The van der Waals surface area contributed by atoms with E-state index in [1.165, 1.54) is 0 Å². The Hall–Kier alpha value is -2.67. The maximum absolute atomic E-state index is 12.5. The van der Waals surface area contributed by atoms with Crippen molar-refractivity contribution in [3.05, 3.63) is 53.9 Å². The molecule has 0 saturated carbocycles. The summed E-state index contributed by atoms with van der Waals surface area (Å²) in [6, 6.07) is 9.03. The van der Waals surface area contributed by atoms with Crippen LogP contribution in [0.5, 0.6) is 0 Å². The number of nitrogens with zero attached hydrogens (tertiary/aromatic N) is 2. The molecule has 1 fully saturated rings. The number of carbonyl (C=O) groups is 2. The Morgan fingerprint density at radius 2 is 1.96 bits per heavy atom. The van der Waals surface area contributed by atoms with Crippen molar-refractivity contribution in [2.45, 2.75) is 5.92 Å². The third-order valence-electron chi connectivity index (χ3n) is 4.45. The van der Waals surface area contributed by atoms with Crippen molar-refractivity contribution in [3.8, 4) is 0 Å². The van der Waals surface area contributed by atoms with Crippen molar-refractivity contribution in [3.63, 3.8) is 0 Å². The Morgan fingerprint density at radius 3 is 2.68 bits per heavy atom. The van der Waals surface area contributed by atoms with E-state index in [9.17, 15) is 9.59 Å². The number of amides is 2. The van der Waals surface area contributed by atoms with Crippen LogP contribution in [-0.4, -0.2) is 47.8 Å². The van der Waals surface area contributed by atoms with Crippen LogP contribution in [0, 0.1) is 5.92 Å². The highest BCUT2D eigenvalue weighted by atomic mass is 16.2. The van der Waals surface area contributed by atoms with E-state index in [1.54, 1.807) is 16.8 Å². The highest BCUT2D eigenvalue weighted by Gasteiger charge is 2.34. The molecular weight excluding hydrogens is 318 g/mol. The second-order valence-electron chi connectivity index (χ2n) is 6.23. The fraction of sp³-hybridized carbons (Fsp3) is 0.389. The van der Waals surface area contributed by atoms with Crippen LogP contribution in [0.2, 0.25) is 0 Å². The van der Waals surface area contributed by atoms with E-state index in [-0.39, 0.29) is 23.7 Å². The van der Waals surface area contributed by atoms with Crippen molar-refractivity contribution in [1.29, 1.82) is 0 Å². The zero-order valence-electron chi connectivity index (χ0n) is 14.2. The lowest BCUT2D eigenvalue weighted by atomic mass is 9.90. The van der Waals surface area contributed by atoms with E-state index >= 15 is 0 Å². The third kappa shape index (κ3) is 4.24. The monoisotopic (exact) mass is 341 g/mol. The Kier molecular flexibility index (Phi) is 5.45. The fourth-order valence-corrected chi connectivity index (χ4v) is 3.12. The highest BCUT2D eigenvalue weighted by Crippen LogP contribution is 2.27. The van der Waals surface area contributed by atoms with Crippen LogP contribution in [0.1, 0.15) is 21.8 Å². The minimum atomic E-state index is -0.134. The highest BCUT2D eigenvalue weighted by molar-refractivity contribution is 5.94. The molecule has 25 heavy (non-hydrogen) atoms. The van der Waals surface area contributed by atoms with Crippen molar-refractivity contribution < 1.29 is 9.59 Å². The molecule has 0 bridgehead atoms. The molecule has 1 saturated heterocycles. The molecule has 0 aliphatic carbocycles. The largest absolute Gasteiger partial charge is 0.354 e. The summed E-state index contributed by atoms with van der Waals surface area (Å²) < 4.78 is 1.75. The first kappa shape index (κ1) is 17.2. The van der Waals surface area contributed by atoms with E-state index in [4.69, 9.17) is 0 Å². The van der Waals surface area contributed by atoms with Gasteiger partial charge in [0, 0.05) is 50.9 Å². The van der Waals surface area contributed by atoms with Gasteiger partial charge < -0.3 is 16.0 Å². The average molecular weight is 341 g/mol. The van der Waals surface area contributed by atoms with Crippen LogP contribution >= 0.6 is 0 Å². The summed E-state index contributed by atoms with van der Waals surface area (Å²) in [6.45, 7) is 2.24. The van der Waals surface area contributed by atoms with Crippen LogP contribution in [-0.2, 0) is 11.8 Å². The lowest BCUT2D eigenvalue weighted by Crippen LogP contribution is -2.39. The minimum absolute atomic E-state index is 0.00723. The van der Waals surface area contributed by atoms with Crippen LogP contribution in [0.25, 0.3) is 0 Å². The number of aromatic nitrogens is 2. The van der Waals surface area contributed by atoms with Gasteiger partial charge in [-0.25, -0.2) is 0 Å². The van der Waals surface area contributed by atoms with E-state index in [2.05, 4.69) is 21.0 Å². The Balaban J connectivity index is 1.45. The number of benzene rings is 1. The summed E-state index contributed by atoms with van der Waals surface area (Å²) in [7, 11) is 1.87. The molecule has 3 N–H and O–H groups in total. The fourth-order valence-electron chi connectivity index (χ4n) is 3.12. The van der Waals surface area contributed by atoms with E-state index in [0.717, 1.165) is 12.1 Å². The molecule has 2 amide bonds. The molecule has 2 aromatic rings. The van der Waals surface area contributed by atoms with Gasteiger partial charge in [-0.15, -0.1) is 0 Å². The maximum atomic E-state index is 12.5. The number of nitrogens with one attached hydrogen (secondary N) is 3. The molecule has 0 spiro atoms. The van der Waals surface area contributed by atoms with Crippen LogP contribution in [0.3, 0.4) is 0 Å². The van der Waals surface area contributed by atoms with Crippen LogP contribution in [0.4, 0.5) is 0 Å². The molecule has 1 aliphatic rings. The number of carbonyl (C=O) groups excluding carboxylic acids is 2.